The number of guanidine groups is 1. The van der Waals surface area contributed by atoms with E-state index in [9.17, 15) is 4.79 Å². The molecule has 4 N–H and O–H groups in total. The number of benzene rings is 1. The molecule has 4 aliphatic rings. The summed E-state index contributed by atoms with van der Waals surface area (Å²) in [5, 5.41) is 0. The van der Waals surface area contributed by atoms with Crippen molar-refractivity contribution in [2.75, 3.05) is 16.4 Å². The molecular formula is C19H22N4OS. The van der Waals surface area contributed by atoms with Crippen molar-refractivity contribution in [3.05, 3.63) is 41.5 Å². The molecular weight excluding hydrogens is 332 g/mol. The minimum Gasteiger partial charge on any atom is -0.370 e. The Morgan fingerprint density at radius 1 is 1.28 bits per heavy atom. The van der Waals surface area contributed by atoms with Gasteiger partial charge in [0.15, 0.2) is 5.96 Å². The zero-order valence-corrected chi connectivity index (χ0v) is 14.8. The van der Waals surface area contributed by atoms with Crippen molar-refractivity contribution in [3.63, 3.8) is 0 Å². The number of nitrogens with zero attached hydrogens (tertiary/aromatic N) is 2. The van der Waals surface area contributed by atoms with Crippen LogP contribution in [0.25, 0.3) is 0 Å². The van der Waals surface area contributed by atoms with Gasteiger partial charge in [0.05, 0.1) is 5.54 Å². The highest BCUT2D eigenvalue weighted by atomic mass is 32.2. The van der Waals surface area contributed by atoms with Gasteiger partial charge in [-0.1, -0.05) is 18.2 Å². The molecule has 0 bridgehead atoms. The van der Waals surface area contributed by atoms with Gasteiger partial charge in [0.1, 0.15) is 0 Å². The highest BCUT2D eigenvalue weighted by Crippen LogP contribution is 2.68. The standard InChI is InChI=1S/C19H22N4OS/c20-18(21)22-17(24)11-1-2-14-15-10-12-3-6-19(12,15)23(16(14)9-11)13-4-7-25-8-5-13/h1-3,6,9,12-13,15H,4-5,7-8,10H2,(H4,20,21,22,24)/t12?,15?,19-/m1/s1. The van der Waals surface area contributed by atoms with Crippen LogP contribution in [-0.2, 0) is 0 Å². The summed E-state index contributed by atoms with van der Waals surface area (Å²) >= 11 is 2.05. The number of hydrogen-bond acceptors (Lipinski definition) is 3. The molecule has 2 heterocycles. The van der Waals surface area contributed by atoms with Crippen molar-refractivity contribution in [2.24, 2.45) is 22.4 Å². The fourth-order valence-corrected chi connectivity index (χ4v) is 6.26. The van der Waals surface area contributed by atoms with E-state index >= 15 is 0 Å². The first kappa shape index (κ1) is 15.3. The van der Waals surface area contributed by atoms with Crippen molar-refractivity contribution < 1.29 is 4.79 Å². The van der Waals surface area contributed by atoms with E-state index in [4.69, 9.17) is 11.5 Å². The number of nitrogens with two attached hydrogens (primary N) is 2. The maximum Gasteiger partial charge on any atom is 0.280 e. The zero-order valence-electron chi connectivity index (χ0n) is 14.0. The zero-order chi connectivity index (χ0) is 17.2. The summed E-state index contributed by atoms with van der Waals surface area (Å²) in [6, 6.07) is 6.57. The third-order valence-electron chi connectivity index (χ3n) is 6.35. The van der Waals surface area contributed by atoms with Crippen LogP contribution in [0.5, 0.6) is 0 Å². The Morgan fingerprint density at radius 3 is 2.72 bits per heavy atom. The minimum atomic E-state index is -0.362. The fourth-order valence-electron chi connectivity index (χ4n) is 5.18. The number of aliphatic imine (C=N–C) groups is 1. The van der Waals surface area contributed by atoms with Gasteiger partial charge < -0.3 is 16.4 Å². The fraction of sp³-hybridized carbons (Fsp3) is 0.474. The Labute approximate surface area is 151 Å². The molecule has 1 saturated heterocycles. The van der Waals surface area contributed by atoms with Gasteiger partial charge in [-0.25, -0.2) is 0 Å². The summed E-state index contributed by atoms with van der Waals surface area (Å²) in [6.07, 6.45) is 8.42. The molecule has 2 unspecified atom stereocenters. The summed E-state index contributed by atoms with van der Waals surface area (Å²) in [6.45, 7) is 0. The van der Waals surface area contributed by atoms with Crippen molar-refractivity contribution in [1.29, 1.82) is 0 Å². The topological polar surface area (TPSA) is 84.7 Å². The van der Waals surface area contributed by atoms with Crippen LogP contribution in [0.1, 0.15) is 41.1 Å². The third kappa shape index (κ3) is 1.97. The first-order chi connectivity index (χ1) is 12.1. The van der Waals surface area contributed by atoms with Gasteiger partial charge in [-0.15, -0.1) is 0 Å². The van der Waals surface area contributed by atoms with Gasteiger partial charge in [0, 0.05) is 29.1 Å². The SMILES string of the molecule is NC(N)=NC(=O)c1ccc2c(c1)N(C1CCSCC1)[C@]13C=CC1CC23. The molecule has 2 fully saturated rings. The molecule has 5 rings (SSSR count). The van der Waals surface area contributed by atoms with E-state index in [1.54, 1.807) is 0 Å². The number of hydrogen-bond donors (Lipinski definition) is 2. The van der Waals surface area contributed by atoms with E-state index in [1.807, 2.05) is 23.9 Å². The maximum atomic E-state index is 12.3. The second-order valence-corrected chi connectivity index (χ2v) is 8.69. The molecule has 130 valence electrons. The quantitative estimate of drug-likeness (QED) is 0.483. The number of anilines is 1. The summed E-state index contributed by atoms with van der Waals surface area (Å²) in [7, 11) is 0. The van der Waals surface area contributed by atoms with Crippen molar-refractivity contribution in [2.45, 2.75) is 36.8 Å². The number of amides is 1. The number of carbonyl (C=O) groups excluding carboxylic acids is 1. The monoisotopic (exact) mass is 354 g/mol. The van der Waals surface area contributed by atoms with Crippen molar-refractivity contribution in [1.82, 2.24) is 0 Å². The van der Waals surface area contributed by atoms with E-state index in [2.05, 4.69) is 28.1 Å². The third-order valence-corrected chi connectivity index (χ3v) is 7.40. The van der Waals surface area contributed by atoms with E-state index in [1.165, 1.54) is 42.0 Å². The average Bonchev–Trinajstić information content (AvgIpc) is 2.87. The van der Waals surface area contributed by atoms with Crippen LogP contribution in [0.4, 0.5) is 5.69 Å². The van der Waals surface area contributed by atoms with Gasteiger partial charge in [-0.05, 0) is 48.5 Å². The van der Waals surface area contributed by atoms with Gasteiger partial charge in [-0.3, -0.25) is 4.79 Å². The molecule has 6 heteroatoms. The van der Waals surface area contributed by atoms with Gasteiger partial charge in [0.2, 0.25) is 0 Å². The highest BCUT2D eigenvalue weighted by Gasteiger charge is 2.66. The van der Waals surface area contributed by atoms with Crippen LogP contribution < -0.4 is 16.4 Å². The first-order valence-corrected chi connectivity index (χ1v) is 10.1. The first-order valence-electron chi connectivity index (χ1n) is 8.95. The van der Waals surface area contributed by atoms with Gasteiger partial charge in [-0.2, -0.15) is 16.8 Å². The molecule has 25 heavy (non-hydrogen) atoms. The van der Waals surface area contributed by atoms with E-state index < -0.39 is 0 Å². The number of rotatable bonds is 2. The Balaban J connectivity index is 1.58. The predicted octanol–water partition coefficient (Wildman–Crippen LogP) is 2.23. The molecule has 0 radical (unpaired) electrons. The van der Waals surface area contributed by atoms with Gasteiger partial charge in [0.25, 0.3) is 5.91 Å². The Hall–Kier alpha value is -1.95. The molecule has 1 amide bonds. The van der Waals surface area contributed by atoms with Crippen LogP contribution in [0.15, 0.2) is 35.3 Å². The van der Waals surface area contributed by atoms with Crippen LogP contribution >= 0.6 is 11.8 Å². The summed E-state index contributed by atoms with van der Waals surface area (Å²) in [5.74, 6) is 3.12. The van der Waals surface area contributed by atoms with Gasteiger partial charge >= 0.3 is 0 Å². The van der Waals surface area contributed by atoms with Crippen LogP contribution in [0.3, 0.4) is 0 Å². The molecule has 1 saturated carbocycles. The molecule has 2 aliphatic carbocycles. The van der Waals surface area contributed by atoms with Crippen LogP contribution in [-0.4, -0.2) is 35.0 Å². The molecule has 0 aromatic heterocycles. The maximum absolute atomic E-state index is 12.3. The summed E-state index contributed by atoms with van der Waals surface area (Å²) in [4.78, 5) is 18.6. The summed E-state index contributed by atoms with van der Waals surface area (Å²) in [5.41, 5.74) is 14.1. The lowest BCUT2D eigenvalue weighted by Crippen LogP contribution is -2.66. The van der Waals surface area contributed by atoms with Crippen molar-refractivity contribution >= 4 is 29.3 Å². The molecule has 3 atom stereocenters. The molecule has 1 aromatic rings. The largest absolute Gasteiger partial charge is 0.370 e. The van der Waals surface area contributed by atoms with E-state index in [-0.39, 0.29) is 17.4 Å². The molecule has 1 spiro atoms. The van der Waals surface area contributed by atoms with Crippen molar-refractivity contribution in [3.8, 4) is 0 Å². The Bertz CT molecular complexity index is 810. The van der Waals surface area contributed by atoms with Crippen LogP contribution in [0.2, 0.25) is 0 Å². The van der Waals surface area contributed by atoms with E-state index in [0.717, 1.165) is 0 Å². The normalized spacial score (nSPS) is 32.1. The second kappa shape index (κ2) is 5.27. The molecule has 1 aromatic carbocycles. The molecule has 2 aliphatic heterocycles. The number of fused-ring (bicyclic) bond motifs is 2. The Kier molecular flexibility index (Phi) is 3.23. The second-order valence-electron chi connectivity index (χ2n) is 7.47. The predicted molar refractivity (Wildman–Crippen MR) is 102 cm³/mol. The lowest BCUT2D eigenvalue weighted by Gasteiger charge is -2.62. The number of thioether (sulfide) groups is 1. The lowest BCUT2D eigenvalue weighted by atomic mass is 9.51. The number of carbonyl (C=O) groups is 1. The minimum absolute atomic E-state index is 0.173. The molecule has 5 nitrogen and oxygen atoms in total. The lowest BCUT2D eigenvalue weighted by molar-refractivity contribution is 0.100. The Morgan fingerprint density at radius 2 is 2.08 bits per heavy atom. The smallest absolute Gasteiger partial charge is 0.280 e. The van der Waals surface area contributed by atoms with Crippen LogP contribution in [0, 0.1) is 5.92 Å². The average molecular weight is 354 g/mol. The van der Waals surface area contributed by atoms with E-state index in [0.29, 0.717) is 23.4 Å². The highest BCUT2D eigenvalue weighted by molar-refractivity contribution is 7.99. The summed E-state index contributed by atoms with van der Waals surface area (Å²) < 4.78 is 0.